The predicted octanol–water partition coefficient (Wildman–Crippen LogP) is 3.18. The molecule has 2 N–H and O–H groups in total. The van der Waals surface area contributed by atoms with E-state index in [-0.39, 0.29) is 17.4 Å². The maximum atomic E-state index is 13.3. The van der Waals surface area contributed by atoms with Gasteiger partial charge in [0, 0.05) is 30.0 Å². The molecule has 0 amide bonds. The molecule has 25 heavy (non-hydrogen) atoms. The Morgan fingerprint density at radius 2 is 1.72 bits per heavy atom. The van der Waals surface area contributed by atoms with Crippen molar-refractivity contribution in [1.29, 1.82) is 0 Å². The highest BCUT2D eigenvalue weighted by molar-refractivity contribution is 7.92. The lowest BCUT2D eigenvalue weighted by Gasteiger charge is -2.15. The number of ether oxygens (including phenoxy) is 1. The Kier molecular flexibility index (Phi) is 4.95. The highest BCUT2D eigenvalue weighted by Crippen LogP contribution is 2.63. The molecule has 134 valence electrons. The fraction of sp³-hybridized carbons (Fsp3) is 0.368. The number of hydrogen-bond donors (Lipinski definition) is 1. The first kappa shape index (κ1) is 18.4. The minimum Gasteiger partial charge on any atom is -0.384 e. The van der Waals surface area contributed by atoms with Crippen LogP contribution in [0.4, 0.5) is 0 Å². The number of aryl methyl sites for hydroxylation is 1. The number of halogens is 1. The van der Waals surface area contributed by atoms with Gasteiger partial charge in [0.25, 0.3) is 0 Å². The van der Waals surface area contributed by atoms with Crippen LogP contribution in [0.2, 0.25) is 5.02 Å². The van der Waals surface area contributed by atoms with E-state index >= 15 is 0 Å². The second-order valence-corrected chi connectivity index (χ2v) is 9.18. The van der Waals surface area contributed by atoms with Crippen LogP contribution in [0, 0.1) is 12.3 Å². The fourth-order valence-electron chi connectivity index (χ4n) is 3.74. The standard InChI is InChI=1S/C19H22ClNO3S/c1-13-3-5-14(6-4-13)17-18(19(17,11-21)12-24-2)25(22,23)16-9-7-15(20)8-10-16/h3-10,17-18H,11-12,21H2,1-2H3/t17-,18-,19+/m0/s1. The molecule has 0 aliphatic heterocycles. The zero-order valence-corrected chi connectivity index (χ0v) is 15.8. The molecule has 0 spiro atoms. The summed E-state index contributed by atoms with van der Waals surface area (Å²) < 4.78 is 31.9. The van der Waals surface area contributed by atoms with Crippen LogP contribution in [0.25, 0.3) is 0 Å². The van der Waals surface area contributed by atoms with E-state index in [1.54, 1.807) is 31.4 Å². The maximum Gasteiger partial charge on any atom is 0.182 e. The Balaban J connectivity index is 2.05. The van der Waals surface area contributed by atoms with Crippen molar-refractivity contribution in [3.8, 4) is 0 Å². The summed E-state index contributed by atoms with van der Waals surface area (Å²) in [5.74, 6) is -0.182. The van der Waals surface area contributed by atoms with Gasteiger partial charge in [0.15, 0.2) is 9.84 Å². The zero-order valence-electron chi connectivity index (χ0n) is 14.3. The van der Waals surface area contributed by atoms with Gasteiger partial charge in [-0.15, -0.1) is 0 Å². The Labute approximate surface area is 153 Å². The van der Waals surface area contributed by atoms with E-state index in [0.29, 0.717) is 11.6 Å². The molecule has 0 bridgehead atoms. The highest BCUT2D eigenvalue weighted by atomic mass is 35.5. The van der Waals surface area contributed by atoms with Gasteiger partial charge in [-0.25, -0.2) is 8.42 Å². The Morgan fingerprint density at radius 1 is 1.12 bits per heavy atom. The summed E-state index contributed by atoms with van der Waals surface area (Å²) in [5.41, 5.74) is 7.54. The van der Waals surface area contributed by atoms with Crippen LogP contribution >= 0.6 is 11.6 Å². The molecule has 1 saturated carbocycles. The molecule has 0 heterocycles. The Bertz CT molecular complexity index is 849. The van der Waals surface area contributed by atoms with Crippen LogP contribution in [0.5, 0.6) is 0 Å². The molecule has 1 aliphatic carbocycles. The van der Waals surface area contributed by atoms with Gasteiger partial charge in [-0.1, -0.05) is 41.4 Å². The van der Waals surface area contributed by atoms with Crippen molar-refractivity contribution in [2.75, 3.05) is 20.3 Å². The van der Waals surface area contributed by atoms with E-state index in [1.807, 2.05) is 31.2 Å². The van der Waals surface area contributed by atoms with Gasteiger partial charge < -0.3 is 10.5 Å². The lowest BCUT2D eigenvalue weighted by molar-refractivity contribution is 0.142. The van der Waals surface area contributed by atoms with Crippen molar-refractivity contribution >= 4 is 21.4 Å². The fourth-order valence-corrected chi connectivity index (χ4v) is 6.31. The van der Waals surface area contributed by atoms with Gasteiger partial charge in [0.2, 0.25) is 0 Å². The van der Waals surface area contributed by atoms with E-state index in [1.165, 1.54) is 0 Å². The maximum absolute atomic E-state index is 13.3. The van der Waals surface area contributed by atoms with Crippen LogP contribution in [-0.4, -0.2) is 33.9 Å². The summed E-state index contributed by atoms with van der Waals surface area (Å²) in [6.45, 7) is 2.56. The van der Waals surface area contributed by atoms with Crippen molar-refractivity contribution in [3.63, 3.8) is 0 Å². The molecule has 4 nitrogen and oxygen atoms in total. The number of methoxy groups -OCH3 is 1. The summed E-state index contributed by atoms with van der Waals surface area (Å²) in [7, 11) is -1.97. The summed E-state index contributed by atoms with van der Waals surface area (Å²) in [4.78, 5) is 0.269. The summed E-state index contributed by atoms with van der Waals surface area (Å²) >= 11 is 5.89. The van der Waals surface area contributed by atoms with E-state index in [4.69, 9.17) is 22.1 Å². The first-order valence-electron chi connectivity index (χ1n) is 8.12. The minimum absolute atomic E-state index is 0.182. The van der Waals surface area contributed by atoms with Crippen LogP contribution in [0.3, 0.4) is 0 Å². The highest BCUT2D eigenvalue weighted by Gasteiger charge is 2.70. The summed E-state index contributed by atoms with van der Waals surface area (Å²) in [5, 5.41) is -0.0966. The molecule has 0 aromatic heterocycles. The third-order valence-corrected chi connectivity index (χ3v) is 7.68. The molecule has 3 atom stereocenters. The van der Waals surface area contributed by atoms with Crippen LogP contribution in [0.15, 0.2) is 53.4 Å². The van der Waals surface area contributed by atoms with Crippen molar-refractivity contribution < 1.29 is 13.2 Å². The van der Waals surface area contributed by atoms with Gasteiger partial charge in [-0.2, -0.15) is 0 Å². The molecule has 1 fully saturated rings. The summed E-state index contributed by atoms with van der Waals surface area (Å²) in [6.07, 6.45) is 0. The first-order valence-corrected chi connectivity index (χ1v) is 10.0. The largest absolute Gasteiger partial charge is 0.384 e. The smallest absolute Gasteiger partial charge is 0.182 e. The van der Waals surface area contributed by atoms with Crippen molar-refractivity contribution in [2.45, 2.75) is 23.0 Å². The third-order valence-electron chi connectivity index (χ3n) is 5.09. The number of sulfone groups is 1. The minimum atomic E-state index is -3.55. The monoisotopic (exact) mass is 379 g/mol. The molecular formula is C19H22ClNO3S. The SMILES string of the molecule is COC[C@]1(CN)[C@@H](c2ccc(C)cc2)[C@@H]1S(=O)(=O)c1ccc(Cl)cc1. The van der Waals surface area contributed by atoms with Gasteiger partial charge in [0.05, 0.1) is 16.8 Å². The summed E-state index contributed by atoms with van der Waals surface area (Å²) in [6, 6.07) is 14.2. The molecule has 3 rings (SSSR count). The molecular weight excluding hydrogens is 358 g/mol. The zero-order chi connectivity index (χ0) is 18.2. The van der Waals surface area contributed by atoms with Gasteiger partial charge >= 0.3 is 0 Å². The van der Waals surface area contributed by atoms with E-state index < -0.39 is 20.5 Å². The van der Waals surface area contributed by atoms with Crippen molar-refractivity contribution in [3.05, 3.63) is 64.7 Å². The first-order chi connectivity index (χ1) is 11.9. The number of rotatable bonds is 6. The molecule has 2 aromatic rings. The van der Waals surface area contributed by atoms with Crippen LogP contribution in [-0.2, 0) is 14.6 Å². The second-order valence-electron chi connectivity index (χ2n) is 6.68. The average Bonchev–Trinajstić information content (AvgIpc) is 3.26. The van der Waals surface area contributed by atoms with Gasteiger partial charge in [-0.05, 0) is 36.8 Å². The average molecular weight is 380 g/mol. The van der Waals surface area contributed by atoms with Crippen LogP contribution < -0.4 is 5.73 Å². The number of nitrogens with two attached hydrogens (primary N) is 1. The predicted molar refractivity (Wildman–Crippen MR) is 99.7 cm³/mol. The topological polar surface area (TPSA) is 69.4 Å². The second kappa shape index (κ2) is 6.72. The van der Waals surface area contributed by atoms with Gasteiger partial charge in [-0.3, -0.25) is 0 Å². The third kappa shape index (κ3) is 3.10. The van der Waals surface area contributed by atoms with E-state index in [0.717, 1.165) is 11.1 Å². The lowest BCUT2D eigenvalue weighted by Crippen LogP contribution is -2.28. The number of benzene rings is 2. The molecule has 2 aromatic carbocycles. The van der Waals surface area contributed by atoms with Gasteiger partial charge in [0.1, 0.15) is 0 Å². The van der Waals surface area contributed by atoms with E-state index in [9.17, 15) is 8.42 Å². The number of hydrogen-bond acceptors (Lipinski definition) is 4. The lowest BCUT2D eigenvalue weighted by atomic mass is 9.99. The molecule has 0 radical (unpaired) electrons. The molecule has 6 heteroatoms. The van der Waals surface area contributed by atoms with Crippen molar-refractivity contribution in [1.82, 2.24) is 0 Å². The van der Waals surface area contributed by atoms with Crippen LogP contribution in [0.1, 0.15) is 17.0 Å². The Hall–Kier alpha value is -1.40. The molecule has 1 aliphatic rings. The van der Waals surface area contributed by atoms with Crippen molar-refractivity contribution in [2.24, 2.45) is 11.1 Å². The normalized spacial score (nSPS) is 25.8. The molecule has 0 unspecified atom stereocenters. The molecule has 0 saturated heterocycles. The quantitative estimate of drug-likeness (QED) is 0.836. The van der Waals surface area contributed by atoms with E-state index in [2.05, 4.69) is 0 Å². The Morgan fingerprint density at radius 3 is 2.24 bits per heavy atom.